The average molecular weight is 593 g/mol. The zero-order valence-electron chi connectivity index (χ0n) is 25.7. The fourth-order valence-electron chi connectivity index (χ4n) is 4.88. The highest BCUT2D eigenvalue weighted by Gasteiger charge is 2.37. The molecular weight excluding hydrogens is 544 g/mol. The van der Waals surface area contributed by atoms with E-state index in [0.717, 1.165) is 58.7 Å². The second-order valence-corrected chi connectivity index (χ2v) is 12.8. The van der Waals surface area contributed by atoms with Gasteiger partial charge < -0.3 is 24.8 Å². The number of carboxylic acid groups (broad SMARTS) is 2. The number of rotatable bonds is 9. The fourth-order valence-corrected chi connectivity index (χ4v) is 5.20. The number of nitrogens with zero attached hydrogens (tertiary/aromatic N) is 1. The van der Waals surface area contributed by atoms with Crippen LogP contribution in [0.1, 0.15) is 113 Å². The minimum atomic E-state index is -0.851. The molecule has 1 heterocycles. The summed E-state index contributed by atoms with van der Waals surface area (Å²) in [5, 5.41) is 23.7. The molecule has 230 valence electrons. The highest BCUT2D eigenvalue weighted by Crippen LogP contribution is 2.48. The number of carboxylic acids is 1. The first-order valence-electron chi connectivity index (χ1n) is 14.4. The third-order valence-electron chi connectivity index (χ3n) is 7.24. The van der Waals surface area contributed by atoms with Gasteiger partial charge in [-0.25, -0.2) is 0 Å². The van der Waals surface area contributed by atoms with E-state index in [4.69, 9.17) is 31.1 Å². The molecular formula is C32H49ClN2O6. The lowest BCUT2D eigenvalue weighted by Gasteiger charge is -2.38. The number of anilines is 1. The lowest BCUT2D eigenvalue weighted by molar-refractivity contribution is -0.137. The fraction of sp³-hybridized carbons (Fsp3) is 0.625. The smallest absolute Gasteiger partial charge is 0.303 e. The monoisotopic (exact) mass is 592 g/mol. The summed E-state index contributed by atoms with van der Waals surface area (Å²) in [5.74, 6) is 2.15. The van der Waals surface area contributed by atoms with Gasteiger partial charge >= 0.3 is 5.97 Å². The average Bonchev–Trinajstić information content (AvgIpc) is 3.56. The molecule has 8 nitrogen and oxygen atoms in total. The van der Waals surface area contributed by atoms with Gasteiger partial charge in [0.1, 0.15) is 12.0 Å². The van der Waals surface area contributed by atoms with Crippen molar-refractivity contribution < 1.29 is 29.1 Å². The number of carbonyl (C=O) groups excluding carboxylic acids is 1. The van der Waals surface area contributed by atoms with Crippen LogP contribution in [0, 0.1) is 31.1 Å². The summed E-state index contributed by atoms with van der Waals surface area (Å²) in [7, 11) is 1.86. The highest BCUT2D eigenvalue weighted by atomic mass is 35.5. The molecule has 0 bridgehead atoms. The Hall–Kier alpha value is -2.87. The van der Waals surface area contributed by atoms with Crippen LogP contribution in [-0.4, -0.2) is 41.1 Å². The lowest BCUT2D eigenvalue weighted by Crippen LogP contribution is -2.26. The number of benzene rings is 1. The Labute approximate surface area is 250 Å². The maximum Gasteiger partial charge on any atom is 0.303 e. The second-order valence-electron chi connectivity index (χ2n) is 12.4. The Morgan fingerprint density at radius 3 is 2.24 bits per heavy atom. The van der Waals surface area contributed by atoms with Crippen molar-refractivity contribution >= 4 is 36.0 Å². The molecule has 0 radical (unpaired) electrons. The van der Waals surface area contributed by atoms with Gasteiger partial charge in [0.15, 0.2) is 0 Å². The summed E-state index contributed by atoms with van der Waals surface area (Å²) < 4.78 is 5.60. The Morgan fingerprint density at radius 2 is 1.80 bits per heavy atom. The van der Waals surface area contributed by atoms with E-state index < -0.39 is 5.97 Å². The zero-order chi connectivity index (χ0) is 31.2. The first-order chi connectivity index (χ1) is 19.3. The summed E-state index contributed by atoms with van der Waals surface area (Å²) in [6.45, 7) is 12.8. The molecule has 2 saturated carbocycles. The van der Waals surface area contributed by atoms with Crippen molar-refractivity contribution in [2.24, 2.45) is 17.3 Å². The van der Waals surface area contributed by atoms with Gasteiger partial charge in [-0.1, -0.05) is 63.4 Å². The van der Waals surface area contributed by atoms with E-state index in [1.54, 1.807) is 0 Å². The molecule has 0 saturated heterocycles. The summed E-state index contributed by atoms with van der Waals surface area (Å²) in [6, 6.07) is 5.93. The van der Waals surface area contributed by atoms with Crippen LogP contribution in [0.3, 0.4) is 0 Å². The molecule has 4 rings (SSSR count). The van der Waals surface area contributed by atoms with Crippen molar-refractivity contribution in [1.29, 1.82) is 0 Å². The highest BCUT2D eigenvalue weighted by molar-refractivity contribution is 6.33. The van der Waals surface area contributed by atoms with E-state index >= 15 is 0 Å². The van der Waals surface area contributed by atoms with E-state index in [1.165, 1.54) is 24.8 Å². The van der Waals surface area contributed by atoms with Gasteiger partial charge in [-0.2, -0.15) is 0 Å². The van der Waals surface area contributed by atoms with Gasteiger partial charge in [0.05, 0.1) is 16.4 Å². The van der Waals surface area contributed by atoms with E-state index in [1.807, 2.05) is 39.1 Å². The molecule has 1 aromatic carbocycles. The number of aliphatic carboxylic acids is 1. The second kappa shape index (κ2) is 17.8. The number of nitrogens with one attached hydrogen (secondary N) is 1. The molecule has 0 spiro atoms. The molecule has 2 aliphatic rings. The summed E-state index contributed by atoms with van der Waals surface area (Å²) in [4.78, 5) is 30.1. The first-order valence-corrected chi connectivity index (χ1v) is 14.8. The topological polar surface area (TPSA) is 130 Å². The number of carbonyl (C=O) groups is 3. The van der Waals surface area contributed by atoms with Crippen molar-refractivity contribution in [3.63, 3.8) is 0 Å². The molecule has 2 aromatic rings. The molecule has 41 heavy (non-hydrogen) atoms. The van der Waals surface area contributed by atoms with Crippen LogP contribution in [0.2, 0.25) is 5.02 Å². The largest absolute Gasteiger partial charge is 0.483 e. The van der Waals surface area contributed by atoms with E-state index in [9.17, 15) is 9.59 Å². The number of aryl methyl sites for hydroxylation is 1. The van der Waals surface area contributed by atoms with Crippen LogP contribution in [0.5, 0.6) is 0 Å². The van der Waals surface area contributed by atoms with Crippen molar-refractivity contribution in [1.82, 2.24) is 5.16 Å². The van der Waals surface area contributed by atoms with Gasteiger partial charge in [-0.05, 0) is 74.5 Å². The maximum atomic E-state index is 10.9. The molecule has 3 N–H and O–H groups in total. The minimum Gasteiger partial charge on any atom is -0.483 e. The predicted octanol–water partition coefficient (Wildman–Crippen LogP) is 8.26. The normalized spacial score (nSPS) is 18.0. The maximum absolute atomic E-state index is 10.9. The number of aromatic nitrogens is 1. The third-order valence-corrected chi connectivity index (χ3v) is 7.55. The van der Waals surface area contributed by atoms with Crippen LogP contribution in [-0.2, 0) is 14.4 Å². The molecule has 1 aromatic heterocycles. The van der Waals surface area contributed by atoms with Gasteiger partial charge in [-0.15, -0.1) is 0 Å². The van der Waals surface area contributed by atoms with Crippen LogP contribution >= 0.6 is 11.6 Å². The minimum absolute atomic E-state index is 0.0389. The SMILES string of the molecule is CC1CC1.CNc1ccc(C)cc1Cl.Cc1c(C(CC=O)CCC(=O)O)noc1C1CC(CC(C)(C)C)C1.O=CO. The number of aldehydes is 1. The van der Waals surface area contributed by atoms with Gasteiger partial charge in [0, 0.05) is 37.3 Å². The molecule has 9 heteroatoms. The predicted molar refractivity (Wildman–Crippen MR) is 164 cm³/mol. The summed E-state index contributed by atoms with van der Waals surface area (Å²) in [5.41, 5.74) is 4.28. The van der Waals surface area contributed by atoms with Crippen LogP contribution in [0.4, 0.5) is 5.69 Å². The van der Waals surface area contributed by atoms with Crippen molar-refractivity contribution in [2.45, 2.75) is 105 Å². The standard InChI is InChI=1S/C19H29NO4.C8H10ClN.C4H8.CH2O2/c1-12-17(14(7-8-21)5-6-16(22)23)20-24-18(12)15-9-13(10-15)11-19(2,3)4;1-6-3-4-8(10-2)7(9)5-6;1-4-2-3-4;2-1-3/h8,13-15H,5-7,9-11H2,1-4H3,(H,22,23);3-5,10H,1-2H3;4H,2-3H2,1H3;1H,(H,2,3). The first kappa shape index (κ1) is 36.2. The molecule has 2 aliphatic carbocycles. The summed E-state index contributed by atoms with van der Waals surface area (Å²) in [6.07, 6.45) is 8.02. The Bertz CT molecular complexity index is 1080. The van der Waals surface area contributed by atoms with E-state index in [2.05, 4.69) is 38.2 Å². The number of hydrogen-bond acceptors (Lipinski definition) is 6. The van der Waals surface area contributed by atoms with Crippen LogP contribution in [0.15, 0.2) is 22.7 Å². The van der Waals surface area contributed by atoms with Crippen molar-refractivity contribution in [3.05, 3.63) is 45.8 Å². The number of hydrogen-bond donors (Lipinski definition) is 3. The van der Waals surface area contributed by atoms with Crippen molar-refractivity contribution in [3.8, 4) is 0 Å². The van der Waals surface area contributed by atoms with Gasteiger partial charge in [-0.3, -0.25) is 9.59 Å². The van der Waals surface area contributed by atoms with Gasteiger partial charge in [0.2, 0.25) is 0 Å². The third kappa shape index (κ3) is 14.0. The molecule has 0 amide bonds. The van der Waals surface area contributed by atoms with Crippen LogP contribution in [0.25, 0.3) is 0 Å². The van der Waals surface area contributed by atoms with Gasteiger partial charge in [0.25, 0.3) is 6.47 Å². The van der Waals surface area contributed by atoms with E-state index in [-0.39, 0.29) is 25.2 Å². The number of halogens is 1. The zero-order valence-corrected chi connectivity index (χ0v) is 26.5. The molecule has 1 unspecified atom stereocenters. The Kier molecular flexibility index (Phi) is 15.7. The van der Waals surface area contributed by atoms with E-state index in [0.29, 0.717) is 17.8 Å². The van der Waals surface area contributed by atoms with Crippen molar-refractivity contribution in [2.75, 3.05) is 12.4 Å². The molecule has 0 aliphatic heterocycles. The lowest BCUT2D eigenvalue weighted by atomic mass is 9.67. The van der Waals surface area contributed by atoms with Crippen LogP contribution < -0.4 is 5.32 Å². The molecule has 2 fully saturated rings. The Balaban J connectivity index is 0.000000401. The molecule has 1 atom stereocenters. The Morgan fingerprint density at radius 1 is 1.22 bits per heavy atom. The quantitative estimate of drug-likeness (QED) is 0.248. The summed E-state index contributed by atoms with van der Waals surface area (Å²) >= 11 is 5.87.